The molecule has 2 nitrogen and oxygen atoms in total. The summed E-state index contributed by atoms with van der Waals surface area (Å²) in [6.45, 7) is 17.6. The summed E-state index contributed by atoms with van der Waals surface area (Å²) in [6, 6.07) is 0.544. The molecule has 0 saturated carbocycles. The van der Waals surface area contributed by atoms with E-state index in [-0.39, 0.29) is 0 Å². The molecule has 0 aromatic heterocycles. The summed E-state index contributed by atoms with van der Waals surface area (Å²) in [5, 5.41) is 0.313. The fourth-order valence-corrected chi connectivity index (χ4v) is 2.81. The Morgan fingerprint density at radius 2 is 1.94 bits per heavy atom. The lowest BCUT2D eigenvalue weighted by atomic mass is 10.1. The molecular weight excluding hydrogens is 214 g/mol. The second kappa shape index (κ2) is 5.01. The Balaban J connectivity index is 2.47. The van der Waals surface area contributed by atoms with Gasteiger partial charge in [0.15, 0.2) is 14.4 Å². The highest BCUT2D eigenvalue weighted by atomic mass is 28.4. The molecule has 1 heterocycles. The van der Waals surface area contributed by atoms with Crippen molar-refractivity contribution >= 4 is 15.0 Å². The quantitative estimate of drug-likeness (QED) is 0.546. The summed E-state index contributed by atoms with van der Waals surface area (Å²) in [6.07, 6.45) is 3.87. The minimum absolute atomic E-state index is 0.313. The standard InChI is InChI=1S/C13H28NOSi/c1-13(2,3)16(5,6)15-11-12-9-7-8-10-14(12)4/h12H,4,7-11H2,1-3,5-6H3/q+1/t12-/m0/s1. The maximum atomic E-state index is 6.26. The minimum Gasteiger partial charge on any atom is -0.410 e. The van der Waals surface area contributed by atoms with Gasteiger partial charge in [-0.3, -0.25) is 0 Å². The van der Waals surface area contributed by atoms with Gasteiger partial charge in [-0.2, -0.15) is 0 Å². The topological polar surface area (TPSA) is 12.2 Å². The largest absolute Gasteiger partial charge is 0.410 e. The van der Waals surface area contributed by atoms with Crippen molar-refractivity contribution < 1.29 is 9.00 Å². The minimum atomic E-state index is -1.57. The average molecular weight is 242 g/mol. The van der Waals surface area contributed by atoms with Gasteiger partial charge in [-0.1, -0.05) is 20.8 Å². The van der Waals surface area contributed by atoms with Crippen LogP contribution >= 0.6 is 0 Å². The van der Waals surface area contributed by atoms with E-state index in [1.807, 2.05) is 0 Å². The molecule has 0 radical (unpaired) electrons. The molecule has 3 heteroatoms. The molecule has 0 amide bonds. The molecule has 0 aromatic carbocycles. The second-order valence-electron chi connectivity index (χ2n) is 6.53. The zero-order valence-corrected chi connectivity index (χ0v) is 12.7. The van der Waals surface area contributed by atoms with Gasteiger partial charge in [-0.05, 0) is 24.6 Å². The van der Waals surface area contributed by atoms with Crippen molar-refractivity contribution in [3.63, 3.8) is 0 Å². The Kier molecular flexibility index (Phi) is 4.35. The fraction of sp³-hybridized carbons (Fsp3) is 0.923. The van der Waals surface area contributed by atoms with Crippen molar-refractivity contribution in [3.05, 3.63) is 0 Å². The van der Waals surface area contributed by atoms with Gasteiger partial charge in [0, 0.05) is 12.8 Å². The number of piperidine rings is 1. The van der Waals surface area contributed by atoms with Gasteiger partial charge in [0.1, 0.15) is 13.3 Å². The molecule has 0 N–H and O–H groups in total. The first-order valence-corrected chi connectivity index (χ1v) is 9.36. The van der Waals surface area contributed by atoms with Crippen LogP contribution in [0.3, 0.4) is 0 Å². The van der Waals surface area contributed by atoms with Gasteiger partial charge in [0.2, 0.25) is 0 Å². The summed E-state index contributed by atoms with van der Waals surface area (Å²) in [7, 11) is -1.57. The first kappa shape index (κ1) is 13.9. The van der Waals surface area contributed by atoms with Crippen LogP contribution in [-0.4, -0.2) is 38.8 Å². The molecule has 1 rings (SSSR count). The summed E-state index contributed by atoms with van der Waals surface area (Å²) in [4.78, 5) is 0. The van der Waals surface area contributed by atoms with Crippen LogP contribution in [-0.2, 0) is 4.43 Å². The molecule has 0 aliphatic carbocycles. The molecule has 16 heavy (non-hydrogen) atoms. The molecule has 1 aliphatic heterocycles. The zero-order chi connectivity index (χ0) is 12.4. The zero-order valence-electron chi connectivity index (χ0n) is 11.7. The van der Waals surface area contributed by atoms with Gasteiger partial charge < -0.3 is 4.43 Å². The fourth-order valence-electron chi connectivity index (χ4n) is 1.77. The van der Waals surface area contributed by atoms with Gasteiger partial charge in [-0.15, -0.1) is 0 Å². The molecule has 1 saturated heterocycles. The number of rotatable bonds is 3. The Bertz CT molecular complexity index is 255. The van der Waals surface area contributed by atoms with Crippen molar-refractivity contribution in [1.29, 1.82) is 0 Å². The van der Waals surface area contributed by atoms with Crippen LogP contribution in [0.2, 0.25) is 18.1 Å². The van der Waals surface area contributed by atoms with Gasteiger partial charge in [-0.25, -0.2) is 4.58 Å². The third-order valence-corrected chi connectivity index (χ3v) is 8.69. The molecule has 0 bridgehead atoms. The van der Waals surface area contributed by atoms with Crippen molar-refractivity contribution in [3.8, 4) is 0 Å². The summed E-state index contributed by atoms with van der Waals surface area (Å²) in [5.41, 5.74) is 0. The Labute approximate surface area is 102 Å². The van der Waals surface area contributed by atoms with E-state index in [0.29, 0.717) is 11.1 Å². The van der Waals surface area contributed by atoms with Gasteiger partial charge in [0.05, 0.1) is 6.61 Å². The molecule has 1 atom stereocenters. The van der Waals surface area contributed by atoms with E-state index >= 15 is 0 Å². The normalized spacial score (nSPS) is 23.6. The molecule has 1 aliphatic rings. The van der Waals surface area contributed by atoms with Crippen molar-refractivity contribution in [2.75, 3.05) is 13.2 Å². The van der Waals surface area contributed by atoms with Crippen molar-refractivity contribution in [1.82, 2.24) is 0 Å². The molecular formula is C13H28NOSi+. The van der Waals surface area contributed by atoms with Crippen LogP contribution in [0.15, 0.2) is 0 Å². The highest BCUT2D eigenvalue weighted by molar-refractivity contribution is 6.74. The highest BCUT2D eigenvalue weighted by Gasteiger charge is 2.38. The molecule has 0 aromatic rings. The van der Waals surface area contributed by atoms with Crippen molar-refractivity contribution in [2.24, 2.45) is 0 Å². The maximum Gasteiger partial charge on any atom is 0.192 e. The van der Waals surface area contributed by atoms with Gasteiger partial charge in [0.25, 0.3) is 0 Å². The predicted octanol–water partition coefficient (Wildman–Crippen LogP) is 3.27. The first-order chi connectivity index (χ1) is 7.24. The van der Waals surface area contributed by atoms with E-state index in [0.717, 1.165) is 13.2 Å². The van der Waals surface area contributed by atoms with E-state index in [2.05, 4.69) is 45.2 Å². The molecule has 1 fully saturated rings. The second-order valence-corrected chi connectivity index (χ2v) is 11.3. The van der Waals surface area contributed by atoms with Crippen LogP contribution in [0.4, 0.5) is 0 Å². The monoisotopic (exact) mass is 242 g/mol. The van der Waals surface area contributed by atoms with E-state index in [4.69, 9.17) is 4.43 Å². The maximum absolute atomic E-state index is 6.26. The van der Waals surface area contributed by atoms with E-state index in [1.54, 1.807) is 0 Å². The Hall–Kier alpha value is -0.153. The average Bonchev–Trinajstić information content (AvgIpc) is 2.15. The predicted molar refractivity (Wildman–Crippen MR) is 73.0 cm³/mol. The lowest BCUT2D eigenvalue weighted by Gasteiger charge is -2.37. The van der Waals surface area contributed by atoms with Crippen LogP contribution in [0.25, 0.3) is 0 Å². The third-order valence-electron chi connectivity index (χ3n) is 4.19. The van der Waals surface area contributed by atoms with E-state index in [9.17, 15) is 0 Å². The van der Waals surface area contributed by atoms with Crippen LogP contribution in [0.5, 0.6) is 0 Å². The van der Waals surface area contributed by atoms with Crippen LogP contribution < -0.4 is 0 Å². The number of hydrogen-bond donors (Lipinski definition) is 0. The third kappa shape index (κ3) is 3.42. The number of nitrogens with zero attached hydrogens (tertiary/aromatic N) is 1. The summed E-state index contributed by atoms with van der Waals surface area (Å²) < 4.78 is 8.48. The SMILES string of the molecule is C=[N+]1CCCC[C@H]1CO[Si](C)(C)C(C)(C)C. The summed E-state index contributed by atoms with van der Waals surface area (Å²) >= 11 is 0. The molecule has 94 valence electrons. The molecule has 0 unspecified atom stereocenters. The van der Waals surface area contributed by atoms with Crippen LogP contribution in [0.1, 0.15) is 40.0 Å². The smallest absolute Gasteiger partial charge is 0.192 e. The molecule has 0 spiro atoms. The Morgan fingerprint density at radius 1 is 1.31 bits per heavy atom. The lowest BCUT2D eigenvalue weighted by molar-refractivity contribution is -0.570. The first-order valence-electron chi connectivity index (χ1n) is 6.45. The lowest BCUT2D eigenvalue weighted by Crippen LogP contribution is -2.45. The van der Waals surface area contributed by atoms with E-state index < -0.39 is 8.32 Å². The van der Waals surface area contributed by atoms with E-state index in [1.165, 1.54) is 19.3 Å². The van der Waals surface area contributed by atoms with Gasteiger partial charge >= 0.3 is 0 Å². The van der Waals surface area contributed by atoms with Crippen molar-refractivity contribution in [2.45, 2.75) is 64.2 Å². The number of hydrogen-bond acceptors (Lipinski definition) is 1. The highest BCUT2D eigenvalue weighted by Crippen LogP contribution is 2.36. The summed E-state index contributed by atoms with van der Waals surface area (Å²) in [5.74, 6) is 0. The Morgan fingerprint density at radius 3 is 2.44 bits per heavy atom. The van der Waals surface area contributed by atoms with Crippen LogP contribution in [0, 0.1) is 0 Å².